The van der Waals surface area contributed by atoms with Crippen LogP contribution < -0.4 is 11.5 Å². The van der Waals surface area contributed by atoms with Crippen LogP contribution in [0, 0.1) is 0 Å². The smallest absolute Gasteiger partial charge is 0.118 e. The van der Waals surface area contributed by atoms with Crippen molar-refractivity contribution < 1.29 is 5.11 Å². The first kappa shape index (κ1) is 14.2. The van der Waals surface area contributed by atoms with Crippen molar-refractivity contribution >= 4 is 23.2 Å². The molecule has 0 aliphatic rings. The van der Waals surface area contributed by atoms with E-state index in [0.717, 1.165) is 5.56 Å². The molecule has 0 heterocycles. The van der Waals surface area contributed by atoms with Gasteiger partial charge in [-0.25, -0.2) is 0 Å². The van der Waals surface area contributed by atoms with E-state index in [1.807, 2.05) is 30.3 Å². The molecule has 2 aromatic carbocycles. The van der Waals surface area contributed by atoms with Crippen LogP contribution in [0.3, 0.4) is 0 Å². The Morgan fingerprint density at radius 3 is 1.95 bits per heavy atom. The fourth-order valence-corrected chi connectivity index (χ4v) is 2.68. The minimum absolute atomic E-state index is 0.000711. The molecule has 0 fully saturated rings. The van der Waals surface area contributed by atoms with Gasteiger partial charge in [-0.3, -0.25) is 0 Å². The highest BCUT2D eigenvalue weighted by atomic mass is 35.5. The Bertz CT molecular complexity index is 552. The molecule has 2 aromatic rings. The molecule has 0 unspecified atom stereocenters. The van der Waals surface area contributed by atoms with Gasteiger partial charge in [0.05, 0.1) is 16.1 Å². The minimum atomic E-state index is -0.553. The van der Waals surface area contributed by atoms with Crippen LogP contribution in [0.4, 0.5) is 0 Å². The highest BCUT2D eigenvalue weighted by Crippen LogP contribution is 2.37. The summed E-state index contributed by atoms with van der Waals surface area (Å²) in [6.45, 7) is 0. The predicted octanol–water partition coefficient (Wildman–Crippen LogP) is 3.40. The molecular formula is C14H14Cl2N2O. The van der Waals surface area contributed by atoms with Crippen LogP contribution in [0.2, 0.25) is 10.0 Å². The molecule has 0 saturated carbocycles. The zero-order chi connectivity index (χ0) is 14.0. The number of halogens is 2. The van der Waals surface area contributed by atoms with Gasteiger partial charge >= 0.3 is 0 Å². The van der Waals surface area contributed by atoms with Gasteiger partial charge in [-0.2, -0.15) is 0 Å². The maximum atomic E-state index is 9.41. The molecule has 3 nitrogen and oxygen atoms in total. The first-order valence-corrected chi connectivity index (χ1v) is 6.50. The van der Waals surface area contributed by atoms with Crippen LogP contribution in [-0.4, -0.2) is 5.11 Å². The lowest BCUT2D eigenvalue weighted by Crippen LogP contribution is -2.27. The zero-order valence-corrected chi connectivity index (χ0v) is 11.6. The molecule has 0 saturated heterocycles. The quantitative estimate of drug-likeness (QED) is 0.813. The lowest BCUT2D eigenvalue weighted by atomic mass is 9.94. The molecular weight excluding hydrogens is 283 g/mol. The van der Waals surface area contributed by atoms with Gasteiger partial charge in [-0.05, 0) is 17.7 Å². The Kier molecular flexibility index (Phi) is 4.32. The molecule has 2 atom stereocenters. The van der Waals surface area contributed by atoms with E-state index in [1.165, 1.54) is 12.1 Å². The Balaban J connectivity index is 2.37. The van der Waals surface area contributed by atoms with Crippen LogP contribution >= 0.6 is 23.2 Å². The molecule has 0 amide bonds. The largest absolute Gasteiger partial charge is 0.508 e. The number of phenolic OH excluding ortho intramolecular Hbond substituents is 1. The van der Waals surface area contributed by atoms with E-state index in [1.54, 1.807) is 0 Å². The normalized spacial score (nSPS) is 14.1. The van der Waals surface area contributed by atoms with Crippen LogP contribution in [0.5, 0.6) is 5.75 Å². The Morgan fingerprint density at radius 2 is 1.42 bits per heavy atom. The molecule has 0 spiro atoms. The molecule has 5 heteroatoms. The van der Waals surface area contributed by atoms with Gasteiger partial charge in [0.1, 0.15) is 5.75 Å². The summed E-state index contributed by atoms with van der Waals surface area (Å²) in [4.78, 5) is 0. The summed E-state index contributed by atoms with van der Waals surface area (Å²) in [6, 6.07) is 11.3. The van der Waals surface area contributed by atoms with Gasteiger partial charge in [-0.15, -0.1) is 0 Å². The van der Waals surface area contributed by atoms with Crippen molar-refractivity contribution in [1.29, 1.82) is 0 Å². The maximum absolute atomic E-state index is 9.41. The average Bonchev–Trinajstić information content (AvgIpc) is 2.37. The van der Waals surface area contributed by atoms with Crippen molar-refractivity contribution in [1.82, 2.24) is 0 Å². The van der Waals surface area contributed by atoms with E-state index in [9.17, 15) is 5.11 Å². The third kappa shape index (κ3) is 3.01. The van der Waals surface area contributed by atoms with E-state index in [4.69, 9.17) is 34.7 Å². The summed E-state index contributed by atoms with van der Waals surface area (Å²) in [5.74, 6) is -0.000711. The number of phenols is 1. The Labute approximate surface area is 121 Å². The zero-order valence-electron chi connectivity index (χ0n) is 10.1. The summed E-state index contributed by atoms with van der Waals surface area (Å²) >= 11 is 12.2. The monoisotopic (exact) mass is 296 g/mol. The van der Waals surface area contributed by atoms with Gasteiger partial charge in [0.25, 0.3) is 0 Å². The third-order valence-electron chi connectivity index (χ3n) is 2.97. The average molecular weight is 297 g/mol. The molecule has 0 aliphatic heterocycles. The van der Waals surface area contributed by atoms with E-state index in [-0.39, 0.29) is 5.75 Å². The van der Waals surface area contributed by atoms with Crippen LogP contribution in [-0.2, 0) is 0 Å². The molecule has 100 valence electrons. The van der Waals surface area contributed by atoms with Crippen molar-refractivity contribution in [2.45, 2.75) is 12.1 Å². The summed E-state index contributed by atoms with van der Waals surface area (Å²) < 4.78 is 0. The summed E-state index contributed by atoms with van der Waals surface area (Å²) in [7, 11) is 0. The summed E-state index contributed by atoms with van der Waals surface area (Å²) in [6.07, 6.45) is 0. The molecule has 0 aromatic heterocycles. The second-order valence-corrected chi connectivity index (χ2v) is 5.10. The van der Waals surface area contributed by atoms with E-state index >= 15 is 0 Å². The van der Waals surface area contributed by atoms with Gasteiger partial charge in [-0.1, -0.05) is 53.5 Å². The Hall–Kier alpha value is -1.26. The maximum Gasteiger partial charge on any atom is 0.118 e. The molecule has 0 aliphatic carbocycles. The van der Waals surface area contributed by atoms with Crippen molar-refractivity contribution in [2.24, 2.45) is 11.5 Å². The number of nitrogens with two attached hydrogens (primary N) is 2. The van der Waals surface area contributed by atoms with Crippen molar-refractivity contribution in [3.8, 4) is 5.75 Å². The van der Waals surface area contributed by atoms with Crippen molar-refractivity contribution in [2.75, 3.05) is 0 Å². The summed E-state index contributed by atoms with van der Waals surface area (Å²) in [5.41, 5.74) is 13.7. The SMILES string of the molecule is N[C@H](c1c(Cl)cc(O)cc1Cl)[C@@H](N)c1ccccc1. The molecule has 2 rings (SSSR count). The number of benzene rings is 2. The number of rotatable bonds is 3. The number of aromatic hydroxyl groups is 1. The Morgan fingerprint density at radius 1 is 0.895 bits per heavy atom. The highest BCUT2D eigenvalue weighted by Gasteiger charge is 2.22. The van der Waals surface area contributed by atoms with Crippen LogP contribution in [0.1, 0.15) is 23.2 Å². The standard InChI is InChI=1S/C14H14Cl2N2O/c15-10-6-9(19)7-11(16)12(10)14(18)13(17)8-4-2-1-3-5-8/h1-7,13-14,19H,17-18H2/t13-,14+/m0/s1. The number of hydrogen-bond acceptors (Lipinski definition) is 3. The van der Waals surface area contributed by atoms with Gasteiger partial charge in [0, 0.05) is 11.6 Å². The second kappa shape index (κ2) is 5.80. The fraction of sp³-hybridized carbons (Fsp3) is 0.143. The van der Waals surface area contributed by atoms with Gasteiger partial charge < -0.3 is 16.6 Å². The third-order valence-corrected chi connectivity index (χ3v) is 3.59. The molecule has 19 heavy (non-hydrogen) atoms. The van der Waals surface area contributed by atoms with Crippen LogP contribution in [0.25, 0.3) is 0 Å². The lowest BCUT2D eigenvalue weighted by molar-refractivity contribution is 0.474. The van der Waals surface area contributed by atoms with Crippen molar-refractivity contribution in [3.05, 3.63) is 63.6 Å². The first-order valence-electron chi connectivity index (χ1n) is 5.74. The van der Waals surface area contributed by atoms with Gasteiger partial charge in [0.15, 0.2) is 0 Å². The number of hydrogen-bond donors (Lipinski definition) is 3. The summed E-state index contributed by atoms with van der Waals surface area (Å²) in [5, 5.41) is 10.0. The van der Waals surface area contributed by atoms with E-state index in [0.29, 0.717) is 15.6 Å². The molecule has 5 N–H and O–H groups in total. The molecule has 0 radical (unpaired) electrons. The van der Waals surface area contributed by atoms with E-state index in [2.05, 4.69) is 0 Å². The predicted molar refractivity (Wildman–Crippen MR) is 78.4 cm³/mol. The topological polar surface area (TPSA) is 72.3 Å². The van der Waals surface area contributed by atoms with E-state index < -0.39 is 12.1 Å². The first-order chi connectivity index (χ1) is 9.00. The van der Waals surface area contributed by atoms with Gasteiger partial charge in [0.2, 0.25) is 0 Å². The minimum Gasteiger partial charge on any atom is -0.508 e. The fourth-order valence-electron chi connectivity index (χ4n) is 1.95. The van der Waals surface area contributed by atoms with Crippen molar-refractivity contribution in [3.63, 3.8) is 0 Å². The lowest BCUT2D eigenvalue weighted by Gasteiger charge is -2.22. The molecule has 0 bridgehead atoms. The van der Waals surface area contributed by atoms with Crippen LogP contribution in [0.15, 0.2) is 42.5 Å². The second-order valence-electron chi connectivity index (χ2n) is 4.29. The highest BCUT2D eigenvalue weighted by molar-refractivity contribution is 6.36.